The molecule has 2 heterocycles. The molecule has 1 fully saturated rings. The number of carbonyl (C=O) groups excluding carboxylic acids is 1. The SMILES string of the molecule is O=C1CC[C@H](C=C(c2cccc(C(F)(F)F)c2)c2ccc(Cl)c(=O)[nH]2)N1. The number of aromatic nitrogens is 1. The van der Waals surface area contributed by atoms with Crippen molar-refractivity contribution in [1.29, 1.82) is 0 Å². The van der Waals surface area contributed by atoms with Gasteiger partial charge in [0.2, 0.25) is 5.91 Å². The van der Waals surface area contributed by atoms with Gasteiger partial charge < -0.3 is 10.3 Å². The van der Waals surface area contributed by atoms with E-state index in [-0.39, 0.29) is 22.5 Å². The van der Waals surface area contributed by atoms with Crippen LogP contribution in [0.4, 0.5) is 13.2 Å². The van der Waals surface area contributed by atoms with E-state index in [0.29, 0.717) is 24.1 Å². The summed E-state index contributed by atoms with van der Waals surface area (Å²) >= 11 is 5.74. The Labute approximate surface area is 151 Å². The summed E-state index contributed by atoms with van der Waals surface area (Å²) in [5, 5.41) is 2.72. The molecule has 0 radical (unpaired) electrons. The van der Waals surface area contributed by atoms with Crippen LogP contribution in [-0.4, -0.2) is 16.9 Å². The van der Waals surface area contributed by atoms with Crippen LogP contribution in [0.1, 0.15) is 29.7 Å². The molecule has 1 atom stereocenters. The predicted molar refractivity (Wildman–Crippen MR) is 91.8 cm³/mol. The second-order valence-electron chi connectivity index (χ2n) is 5.92. The average Bonchev–Trinajstić information content (AvgIpc) is 3.00. The fourth-order valence-corrected chi connectivity index (χ4v) is 2.89. The van der Waals surface area contributed by atoms with Crippen molar-refractivity contribution in [3.63, 3.8) is 0 Å². The lowest BCUT2D eigenvalue weighted by Gasteiger charge is -2.14. The molecule has 8 heteroatoms. The van der Waals surface area contributed by atoms with E-state index < -0.39 is 17.3 Å². The van der Waals surface area contributed by atoms with Gasteiger partial charge >= 0.3 is 6.18 Å². The smallest absolute Gasteiger partial charge is 0.350 e. The minimum atomic E-state index is -4.49. The van der Waals surface area contributed by atoms with Gasteiger partial charge in [0, 0.05) is 23.7 Å². The zero-order valence-electron chi connectivity index (χ0n) is 13.4. The first-order chi connectivity index (χ1) is 12.2. The molecule has 1 aromatic carbocycles. The summed E-state index contributed by atoms with van der Waals surface area (Å²) in [6.45, 7) is 0. The van der Waals surface area contributed by atoms with Gasteiger partial charge in [-0.25, -0.2) is 0 Å². The summed E-state index contributed by atoms with van der Waals surface area (Å²) < 4.78 is 39.2. The summed E-state index contributed by atoms with van der Waals surface area (Å²) in [4.78, 5) is 25.8. The molecule has 1 saturated heterocycles. The van der Waals surface area contributed by atoms with Gasteiger partial charge in [-0.2, -0.15) is 13.2 Å². The number of hydrogen-bond acceptors (Lipinski definition) is 2. The molecule has 0 saturated carbocycles. The molecular weight excluding hydrogens is 369 g/mol. The number of pyridine rings is 1. The number of rotatable bonds is 3. The van der Waals surface area contributed by atoms with Crippen molar-refractivity contribution in [3.8, 4) is 0 Å². The lowest BCUT2D eigenvalue weighted by molar-refractivity contribution is -0.137. The first-order valence-corrected chi connectivity index (χ1v) is 8.20. The van der Waals surface area contributed by atoms with Crippen molar-refractivity contribution in [2.24, 2.45) is 0 Å². The zero-order chi connectivity index (χ0) is 18.9. The molecule has 0 unspecified atom stereocenters. The maximum atomic E-state index is 13.1. The van der Waals surface area contributed by atoms with Crippen LogP contribution in [0, 0.1) is 0 Å². The van der Waals surface area contributed by atoms with Gasteiger partial charge in [0.05, 0.1) is 5.56 Å². The minimum absolute atomic E-state index is 0.0219. The van der Waals surface area contributed by atoms with Crippen molar-refractivity contribution >= 4 is 23.1 Å². The maximum absolute atomic E-state index is 13.1. The lowest BCUT2D eigenvalue weighted by atomic mass is 9.97. The van der Waals surface area contributed by atoms with Gasteiger partial charge in [-0.15, -0.1) is 0 Å². The van der Waals surface area contributed by atoms with Crippen LogP contribution in [0.2, 0.25) is 5.02 Å². The summed E-state index contributed by atoms with van der Waals surface area (Å²) in [7, 11) is 0. The zero-order valence-corrected chi connectivity index (χ0v) is 14.1. The fourth-order valence-electron chi connectivity index (χ4n) is 2.78. The Balaban J connectivity index is 2.11. The van der Waals surface area contributed by atoms with Crippen LogP contribution in [0.3, 0.4) is 0 Å². The first-order valence-electron chi connectivity index (χ1n) is 7.82. The van der Waals surface area contributed by atoms with Crippen LogP contribution in [-0.2, 0) is 11.0 Å². The Morgan fingerprint density at radius 2 is 1.96 bits per heavy atom. The summed E-state index contributed by atoms with van der Waals surface area (Å²) in [6, 6.07) is 7.37. The molecule has 4 nitrogen and oxygen atoms in total. The van der Waals surface area contributed by atoms with E-state index >= 15 is 0 Å². The topological polar surface area (TPSA) is 62.0 Å². The quantitative estimate of drug-likeness (QED) is 0.849. The standard InChI is InChI=1S/C18H14ClF3N2O2/c19-14-5-6-15(24-17(14)26)13(9-12-4-7-16(25)23-12)10-2-1-3-11(8-10)18(20,21)22/h1-3,5-6,8-9,12H,4,7H2,(H,23,25)(H,24,26)/t12-/m1/s1. The van der Waals surface area contributed by atoms with E-state index in [1.165, 1.54) is 24.3 Å². The Morgan fingerprint density at radius 1 is 1.19 bits per heavy atom. The van der Waals surface area contributed by atoms with Gasteiger partial charge in [-0.05, 0) is 36.2 Å². The third kappa shape index (κ3) is 3.99. The highest BCUT2D eigenvalue weighted by Crippen LogP contribution is 2.32. The van der Waals surface area contributed by atoms with Crippen LogP contribution < -0.4 is 10.9 Å². The molecule has 0 aliphatic carbocycles. The van der Waals surface area contributed by atoms with E-state index in [2.05, 4.69) is 10.3 Å². The second-order valence-corrected chi connectivity index (χ2v) is 6.33. The molecule has 136 valence electrons. The number of H-pyrrole nitrogens is 1. The maximum Gasteiger partial charge on any atom is 0.416 e. The number of halogens is 4. The molecule has 2 aromatic rings. The molecule has 1 aliphatic heterocycles. The van der Waals surface area contributed by atoms with Crippen LogP contribution >= 0.6 is 11.6 Å². The number of aromatic amines is 1. The van der Waals surface area contributed by atoms with E-state index in [1.807, 2.05) is 0 Å². The largest absolute Gasteiger partial charge is 0.416 e. The van der Waals surface area contributed by atoms with Gasteiger partial charge in [0.15, 0.2) is 0 Å². The predicted octanol–water partition coefficient (Wildman–Crippen LogP) is 3.76. The summed E-state index contributed by atoms with van der Waals surface area (Å²) in [6.07, 6.45) is -1.97. The van der Waals surface area contributed by atoms with Crippen molar-refractivity contribution in [2.45, 2.75) is 25.1 Å². The molecule has 0 spiro atoms. The van der Waals surface area contributed by atoms with Crippen molar-refractivity contribution in [1.82, 2.24) is 10.3 Å². The molecule has 1 amide bonds. The number of amides is 1. The molecule has 1 aromatic heterocycles. The molecule has 0 bridgehead atoms. The Hall–Kier alpha value is -2.54. The van der Waals surface area contributed by atoms with E-state index in [4.69, 9.17) is 11.6 Å². The summed E-state index contributed by atoms with van der Waals surface area (Å²) in [5.74, 6) is -0.126. The van der Waals surface area contributed by atoms with Gasteiger partial charge in [0.25, 0.3) is 5.56 Å². The average molecular weight is 383 g/mol. The van der Waals surface area contributed by atoms with E-state index in [1.54, 1.807) is 6.08 Å². The Morgan fingerprint density at radius 3 is 2.58 bits per heavy atom. The molecule has 1 aliphatic rings. The van der Waals surface area contributed by atoms with Crippen LogP contribution in [0.25, 0.3) is 5.57 Å². The molecule has 2 N–H and O–H groups in total. The van der Waals surface area contributed by atoms with Crippen molar-refractivity contribution in [3.05, 3.63) is 74.7 Å². The third-order valence-corrected chi connectivity index (χ3v) is 4.35. The van der Waals surface area contributed by atoms with Gasteiger partial charge in [-0.3, -0.25) is 9.59 Å². The van der Waals surface area contributed by atoms with Crippen LogP contribution in [0.15, 0.2) is 47.3 Å². The number of benzene rings is 1. The molecule has 26 heavy (non-hydrogen) atoms. The molecular formula is C18H14ClF3N2O2. The van der Waals surface area contributed by atoms with E-state index in [0.717, 1.165) is 12.1 Å². The number of hydrogen-bond donors (Lipinski definition) is 2. The Kier molecular flexibility index (Phi) is 4.91. The third-order valence-electron chi connectivity index (χ3n) is 4.05. The highest BCUT2D eigenvalue weighted by atomic mass is 35.5. The van der Waals surface area contributed by atoms with E-state index in [9.17, 15) is 22.8 Å². The number of alkyl halides is 3. The van der Waals surface area contributed by atoms with Crippen molar-refractivity contribution in [2.75, 3.05) is 0 Å². The number of carbonyl (C=O) groups is 1. The number of nitrogens with one attached hydrogen (secondary N) is 2. The minimum Gasteiger partial charge on any atom is -0.350 e. The highest BCUT2D eigenvalue weighted by molar-refractivity contribution is 6.30. The first kappa shape index (κ1) is 18.3. The molecule has 3 rings (SSSR count). The highest BCUT2D eigenvalue weighted by Gasteiger charge is 2.31. The van der Waals surface area contributed by atoms with Crippen molar-refractivity contribution < 1.29 is 18.0 Å². The van der Waals surface area contributed by atoms with Gasteiger partial charge in [0.1, 0.15) is 5.02 Å². The fraction of sp³-hybridized carbons (Fsp3) is 0.222. The summed E-state index contributed by atoms with van der Waals surface area (Å²) in [5.41, 5.74) is -0.360. The Bertz CT molecular complexity index is 935. The second kappa shape index (κ2) is 6.99. The normalized spacial score (nSPS) is 18.1. The monoisotopic (exact) mass is 382 g/mol. The van der Waals surface area contributed by atoms with Crippen LogP contribution in [0.5, 0.6) is 0 Å². The lowest BCUT2D eigenvalue weighted by Crippen LogP contribution is -2.23. The van der Waals surface area contributed by atoms with Gasteiger partial charge in [-0.1, -0.05) is 29.8 Å².